The lowest BCUT2D eigenvalue weighted by molar-refractivity contribution is 0.0727. The molecule has 4 rings (SSSR count). The molecule has 2 aliphatic rings. The van der Waals surface area contributed by atoms with Gasteiger partial charge in [0, 0.05) is 31.6 Å². The van der Waals surface area contributed by atoms with Crippen molar-refractivity contribution >= 4 is 20.8 Å². The number of fused-ring (bicyclic) bond motifs is 4. The van der Waals surface area contributed by atoms with Crippen molar-refractivity contribution in [1.82, 2.24) is 9.21 Å². The zero-order chi connectivity index (χ0) is 18.3. The molecule has 2 saturated heterocycles. The molecule has 2 bridgehead atoms. The summed E-state index contributed by atoms with van der Waals surface area (Å²) in [5, 5.41) is 1.85. The van der Waals surface area contributed by atoms with Gasteiger partial charge in [-0.1, -0.05) is 12.1 Å². The number of sulfonamides is 1. The smallest absolute Gasteiger partial charge is 0.243 e. The highest BCUT2D eigenvalue weighted by molar-refractivity contribution is 7.89. The minimum absolute atomic E-state index is 0.0991. The number of methoxy groups -OCH3 is 1. The third-order valence-corrected chi connectivity index (χ3v) is 7.19. The van der Waals surface area contributed by atoms with E-state index >= 15 is 0 Å². The lowest BCUT2D eigenvalue weighted by Gasteiger charge is -2.29. The first kappa shape index (κ1) is 17.7. The van der Waals surface area contributed by atoms with Crippen molar-refractivity contribution in [1.29, 1.82) is 0 Å². The Morgan fingerprint density at radius 3 is 2.62 bits per heavy atom. The fourth-order valence-electron chi connectivity index (χ4n) is 3.84. The van der Waals surface area contributed by atoms with Gasteiger partial charge in [0.15, 0.2) is 0 Å². The van der Waals surface area contributed by atoms with Gasteiger partial charge < -0.3 is 9.47 Å². The van der Waals surface area contributed by atoms with Crippen molar-refractivity contribution in [3.8, 4) is 5.75 Å². The van der Waals surface area contributed by atoms with Gasteiger partial charge in [-0.3, -0.25) is 4.90 Å². The maximum atomic E-state index is 13.3. The third kappa shape index (κ3) is 3.20. The van der Waals surface area contributed by atoms with Crippen LogP contribution in [-0.4, -0.2) is 70.7 Å². The summed E-state index contributed by atoms with van der Waals surface area (Å²) < 4.78 is 39.2. The summed E-state index contributed by atoms with van der Waals surface area (Å²) in [6.07, 6.45) is 0. The van der Waals surface area contributed by atoms with Gasteiger partial charge in [-0.05, 0) is 42.1 Å². The summed E-state index contributed by atoms with van der Waals surface area (Å²) in [5.41, 5.74) is 0. The van der Waals surface area contributed by atoms with Gasteiger partial charge in [0.2, 0.25) is 10.0 Å². The average Bonchev–Trinajstić information content (AvgIpc) is 2.89. The maximum Gasteiger partial charge on any atom is 0.243 e. The molecule has 2 aliphatic heterocycles. The largest absolute Gasteiger partial charge is 0.497 e. The molecule has 0 N–H and O–H groups in total. The Hall–Kier alpha value is -1.67. The number of rotatable bonds is 3. The van der Waals surface area contributed by atoms with Crippen LogP contribution in [0.25, 0.3) is 10.8 Å². The van der Waals surface area contributed by atoms with E-state index in [0.29, 0.717) is 31.2 Å². The highest BCUT2D eigenvalue weighted by atomic mass is 32.2. The first-order valence-electron chi connectivity index (χ1n) is 8.83. The molecular weight excluding hydrogens is 352 g/mol. The molecule has 2 aromatic rings. The second-order valence-corrected chi connectivity index (χ2v) is 9.13. The van der Waals surface area contributed by atoms with E-state index in [4.69, 9.17) is 9.47 Å². The van der Waals surface area contributed by atoms with E-state index in [2.05, 4.69) is 4.90 Å². The number of hydrogen-bond donors (Lipinski definition) is 0. The van der Waals surface area contributed by atoms with E-state index in [1.807, 2.05) is 31.3 Å². The molecule has 0 spiro atoms. The number of ether oxygens (including phenoxy) is 2. The van der Waals surface area contributed by atoms with Gasteiger partial charge >= 0.3 is 0 Å². The summed E-state index contributed by atoms with van der Waals surface area (Å²) >= 11 is 0. The molecule has 0 unspecified atom stereocenters. The van der Waals surface area contributed by atoms with Crippen LogP contribution in [0.3, 0.4) is 0 Å². The van der Waals surface area contributed by atoms with Crippen molar-refractivity contribution in [2.75, 3.05) is 47.0 Å². The summed E-state index contributed by atoms with van der Waals surface area (Å²) in [6.45, 7) is 3.04. The summed E-state index contributed by atoms with van der Waals surface area (Å²) in [7, 11) is 0.131. The van der Waals surface area contributed by atoms with E-state index in [1.165, 1.54) is 0 Å². The van der Waals surface area contributed by atoms with E-state index in [9.17, 15) is 8.42 Å². The van der Waals surface area contributed by atoms with Crippen molar-refractivity contribution < 1.29 is 17.9 Å². The maximum absolute atomic E-state index is 13.3. The highest BCUT2D eigenvalue weighted by Crippen LogP contribution is 2.28. The van der Waals surface area contributed by atoms with Crippen molar-refractivity contribution in [3.63, 3.8) is 0 Å². The third-order valence-electron chi connectivity index (χ3n) is 5.37. The van der Waals surface area contributed by atoms with Crippen LogP contribution in [-0.2, 0) is 14.8 Å². The Kier molecular flexibility index (Phi) is 4.64. The van der Waals surface area contributed by atoms with Crippen LogP contribution >= 0.6 is 0 Å². The van der Waals surface area contributed by atoms with Crippen LogP contribution in [0.4, 0.5) is 0 Å². The second kappa shape index (κ2) is 6.81. The minimum Gasteiger partial charge on any atom is -0.497 e. The number of hydrogen-bond acceptors (Lipinski definition) is 5. The Labute approximate surface area is 154 Å². The first-order chi connectivity index (χ1) is 12.5. The quantitative estimate of drug-likeness (QED) is 0.818. The lowest BCUT2D eigenvalue weighted by Crippen LogP contribution is -2.44. The Balaban J connectivity index is 1.68. The molecule has 0 aliphatic carbocycles. The van der Waals surface area contributed by atoms with Crippen LogP contribution in [0, 0.1) is 5.92 Å². The van der Waals surface area contributed by atoms with E-state index in [1.54, 1.807) is 23.5 Å². The molecule has 26 heavy (non-hydrogen) atoms. The zero-order valence-electron chi connectivity index (χ0n) is 15.1. The van der Waals surface area contributed by atoms with Gasteiger partial charge in [-0.2, -0.15) is 4.31 Å². The fraction of sp³-hybridized carbons (Fsp3) is 0.474. The standard InChI is InChI=1S/C19H24N2O4S/c1-20-9-14-10-21(11-17(20)13-25-12-14)26(22,23)19-6-4-15-7-18(24-2)5-3-16(15)8-19/h3-8,14,17H,9-13H2,1-2H3/t14-,17+/m1/s1. The Morgan fingerprint density at radius 2 is 1.81 bits per heavy atom. The molecule has 7 heteroatoms. The Morgan fingerprint density at radius 1 is 1.04 bits per heavy atom. The summed E-state index contributed by atoms with van der Waals surface area (Å²) in [6, 6.07) is 11.0. The second-order valence-electron chi connectivity index (χ2n) is 7.19. The molecule has 6 nitrogen and oxygen atoms in total. The number of nitrogens with zero attached hydrogens (tertiary/aromatic N) is 2. The predicted octanol–water partition coefficient (Wildman–Crippen LogP) is 1.80. The number of likely N-dealkylation sites (N-methyl/N-ethyl adjacent to an activating group) is 1. The van der Waals surface area contributed by atoms with Gasteiger partial charge in [0.25, 0.3) is 0 Å². The van der Waals surface area contributed by atoms with E-state index in [-0.39, 0.29) is 12.0 Å². The SMILES string of the molecule is COc1ccc2cc(S(=O)(=O)N3C[C@@H]4COC[C@H](C3)N(C)C4)ccc2c1. The van der Waals surface area contributed by atoms with E-state index in [0.717, 1.165) is 23.1 Å². The minimum atomic E-state index is -3.54. The van der Waals surface area contributed by atoms with Gasteiger partial charge in [0.1, 0.15) is 5.75 Å². The lowest BCUT2D eigenvalue weighted by atomic mass is 10.1. The monoisotopic (exact) mass is 376 g/mol. The number of benzene rings is 2. The summed E-state index contributed by atoms with van der Waals surface area (Å²) in [5.74, 6) is 0.962. The fourth-order valence-corrected chi connectivity index (χ4v) is 5.43. The van der Waals surface area contributed by atoms with Crippen molar-refractivity contribution in [2.45, 2.75) is 10.9 Å². The van der Waals surface area contributed by atoms with Crippen molar-refractivity contribution in [2.24, 2.45) is 5.92 Å². The molecule has 2 aromatic carbocycles. The molecule has 2 heterocycles. The molecule has 140 valence electrons. The molecule has 0 aromatic heterocycles. The predicted molar refractivity (Wildman–Crippen MR) is 100.0 cm³/mol. The molecule has 0 amide bonds. The van der Waals surface area contributed by atoms with E-state index < -0.39 is 10.0 Å². The van der Waals surface area contributed by atoms with Crippen molar-refractivity contribution in [3.05, 3.63) is 36.4 Å². The van der Waals surface area contributed by atoms with Gasteiger partial charge in [-0.15, -0.1) is 0 Å². The van der Waals surface area contributed by atoms with Gasteiger partial charge in [0.05, 0.1) is 25.2 Å². The molecule has 2 atom stereocenters. The van der Waals surface area contributed by atoms with Crippen LogP contribution in [0.1, 0.15) is 0 Å². The van der Waals surface area contributed by atoms with Crippen LogP contribution in [0.2, 0.25) is 0 Å². The first-order valence-corrected chi connectivity index (χ1v) is 10.3. The molecule has 0 saturated carbocycles. The molecular formula is C19H24N2O4S. The van der Waals surface area contributed by atoms with Crippen LogP contribution in [0.15, 0.2) is 41.3 Å². The summed E-state index contributed by atoms with van der Waals surface area (Å²) in [4.78, 5) is 2.57. The average molecular weight is 376 g/mol. The van der Waals surface area contributed by atoms with Crippen LogP contribution < -0.4 is 4.74 Å². The van der Waals surface area contributed by atoms with Gasteiger partial charge in [-0.25, -0.2) is 8.42 Å². The van der Waals surface area contributed by atoms with Crippen LogP contribution in [0.5, 0.6) is 5.75 Å². The normalized spacial score (nSPS) is 25.2. The highest BCUT2D eigenvalue weighted by Gasteiger charge is 2.37. The zero-order valence-corrected chi connectivity index (χ0v) is 15.9. The molecule has 0 radical (unpaired) electrons. The molecule has 2 fully saturated rings. The Bertz CT molecular complexity index is 915. The topological polar surface area (TPSA) is 59.1 Å².